The van der Waals surface area contributed by atoms with E-state index in [1.165, 1.54) is 21.3 Å². The third kappa shape index (κ3) is 8.33. The number of nitrogens with one attached hydrogen (secondary N) is 4. The van der Waals surface area contributed by atoms with Crippen molar-refractivity contribution in [2.75, 3.05) is 41.6 Å². The lowest BCUT2D eigenvalue weighted by atomic mass is 9.92. The van der Waals surface area contributed by atoms with Gasteiger partial charge in [-0.3, -0.25) is 9.59 Å². The summed E-state index contributed by atoms with van der Waals surface area (Å²) < 4.78 is 27.1. The fraction of sp³-hybridized carbons (Fsp3) is 0.489. The van der Waals surface area contributed by atoms with Crippen LogP contribution < -0.4 is 15.4 Å². The number of ether oxygens (including phenoxy) is 5. The molecule has 5 heterocycles. The van der Waals surface area contributed by atoms with E-state index in [-0.39, 0.29) is 35.7 Å². The number of rotatable bonds is 13. The summed E-state index contributed by atoms with van der Waals surface area (Å²) >= 11 is 0. The summed E-state index contributed by atoms with van der Waals surface area (Å²) in [6, 6.07) is 12.2. The Kier molecular flexibility index (Phi) is 12.8. The minimum atomic E-state index is -0.971. The summed E-state index contributed by atoms with van der Waals surface area (Å²) in [6.07, 6.45) is 2.86. The number of carbonyl (C=O) groups is 4. The lowest BCUT2D eigenvalue weighted by Crippen LogP contribution is -2.54. The molecule has 4 N–H and O–H groups in total. The molecule has 64 heavy (non-hydrogen) atoms. The molecule has 7 unspecified atom stereocenters. The van der Waals surface area contributed by atoms with Gasteiger partial charge in [0.25, 0.3) is 0 Å². The maximum absolute atomic E-state index is 14.2. The number of methoxy groups -OCH3 is 4. The summed E-state index contributed by atoms with van der Waals surface area (Å²) in [4.78, 5) is 73.3. The number of likely N-dealkylation sites (tertiary alicyclic amines) is 2. The van der Waals surface area contributed by atoms with E-state index in [0.29, 0.717) is 37.8 Å². The molecule has 2 saturated heterocycles. The number of hydrogen-bond acceptors (Lipinski definition) is 11. The zero-order chi connectivity index (χ0) is 45.4. The number of nitrogens with zero attached hydrogens (tertiary/aromatic N) is 4. The van der Waals surface area contributed by atoms with Crippen molar-refractivity contribution >= 4 is 45.8 Å². The lowest BCUT2D eigenvalue weighted by Gasteiger charge is -2.34. The average Bonchev–Trinajstić information content (AvgIpc) is 4.14. The minimum absolute atomic E-state index is 0.0266. The summed E-state index contributed by atoms with van der Waals surface area (Å²) in [6.45, 7) is 8.87. The number of hydrogen-bond donors (Lipinski definition) is 4. The van der Waals surface area contributed by atoms with E-state index in [1.807, 2.05) is 37.1 Å². The zero-order valence-corrected chi connectivity index (χ0v) is 37.7. The van der Waals surface area contributed by atoms with Gasteiger partial charge in [0, 0.05) is 43.7 Å². The van der Waals surface area contributed by atoms with Gasteiger partial charge in [-0.15, -0.1) is 0 Å². The molecule has 0 aliphatic carbocycles. The fourth-order valence-electron chi connectivity index (χ4n) is 9.69. The van der Waals surface area contributed by atoms with E-state index in [2.05, 4.69) is 57.9 Å². The van der Waals surface area contributed by atoms with E-state index in [4.69, 9.17) is 33.7 Å². The predicted octanol–water partition coefficient (Wildman–Crippen LogP) is 6.78. The van der Waals surface area contributed by atoms with Crippen LogP contribution in [0.2, 0.25) is 0 Å². The molecule has 4 amide bonds. The molecule has 0 saturated carbocycles. The second-order valence-electron chi connectivity index (χ2n) is 17.4. The fourth-order valence-corrected chi connectivity index (χ4v) is 9.69. The van der Waals surface area contributed by atoms with Gasteiger partial charge in [0.2, 0.25) is 11.8 Å². The van der Waals surface area contributed by atoms with E-state index in [0.717, 1.165) is 74.8 Å². The maximum atomic E-state index is 14.2. The van der Waals surface area contributed by atoms with Gasteiger partial charge < -0.3 is 54.1 Å². The molecule has 17 nitrogen and oxygen atoms in total. The second-order valence-corrected chi connectivity index (χ2v) is 17.4. The summed E-state index contributed by atoms with van der Waals surface area (Å²) in [5, 5.41) is 7.31. The maximum Gasteiger partial charge on any atom is 0.407 e. The molecule has 8 rings (SSSR count). The first-order chi connectivity index (χ1) is 30.9. The highest BCUT2D eigenvalue weighted by Gasteiger charge is 2.44. The van der Waals surface area contributed by atoms with Crippen LogP contribution in [-0.2, 0) is 35.1 Å². The molecule has 340 valence electrons. The van der Waals surface area contributed by atoms with Crippen molar-refractivity contribution in [3.63, 3.8) is 0 Å². The van der Waals surface area contributed by atoms with Gasteiger partial charge in [-0.05, 0) is 84.9 Å². The molecule has 7 atom stereocenters. The van der Waals surface area contributed by atoms with Crippen LogP contribution >= 0.6 is 0 Å². The molecular formula is C47H58N8O9. The number of alkyl carbamates (subject to hydrolysis) is 2. The Hall–Kier alpha value is -6.20. The van der Waals surface area contributed by atoms with Crippen LogP contribution in [-0.4, -0.2) is 120 Å². The van der Waals surface area contributed by atoms with Gasteiger partial charge in [0.05, 0.1) is 61.9 Å². The van der Waals surface area contributed by atoms with Crippen molar-refractivity contribution in [1.29, 1.82) is 0 Å². The highest BCUT2D eigenvalue weighted by molar-refractivity contribution is 6.07. The molecule has 2 fully saturated rings. The number of H-pyrrole nitrogens is 2. The van der Waals surface area contributed by atoms with Gasteiger partial charge >= 0.3 is 12.2 Å². The number of benzene rings is 3. The van der Waals surface area contributed by atoms with Crippen molar-refractivity contribution in [3.05, 3.63) is 65.9 Å². The van der Waals surface area contributed by atoms with Gasteiger partial charge in [-0.1, -0.05) is 39.0 Å². The molecule has 0 spiro atoms. The molecular weight excluding hydrogens is 821 g/mol. The standard InChI is InChI=1S/C47H58N8O9/c1-9-30-12-15-36(55(30)45(57)39(24(2)3)52-46(58)62-7)42-48-20-35(50-42)28-10-13-31-29(17-28)23-64-38-19-32-27(18-33(31)38)11-14-34-41(32)51-43(49-34)37-16-26(22-60-5)21-54(37)44(56)40(25(4)61-6)53-47(59)63-8/h10-11,13-14,17-20,24-26,30,36-37,39-40H,9,12,15-16,21-23H2,1-8H3,(H,48,50)(H,49,51)(H,52,58)(H,53,59). The molecule has 3 aliphatic heterocycles. The predicted molar refractivity (Wildman–Crippen MR) is 238 cm³/mol. The smallest absolute Gasteiger partial charge is 0.407 e. The number of amides is 4. The van der Waals surface area contributed by atoms with Crippen LogP contribution in [0.3, 0.4) is 0 Å². The first kappa shape index (κ1) is 44.4. The number of fused-ring (bicyclic) bond motifs is 6. The molecule has 5 aromatic rings. The van der Waals surface area contributed by atoms with Crippen LogP contribution in [0.25, 0.3) is 44.2 Å². The third-order valence-corrected chi connectivity index (χ3v) is 13.2. The van der Waals surface area contributed by atoms with Gasteiger partial charge in [0.15, 0.2) is 0 Å². The van der Waals surface area contributed by atoms with Gasteiger partial charge in [-0.2, -0.15) is 0 Å². The van der Waals surface area contributed by atoms with E-state index in [9.17, 15) is 19.2 Å². The Labute approximate surface area is 371 Å². The van der Waals surface area contributed by atoms with Gasteiger partial charge in [-0.25, -0.2) is 19.6 Å². The Balaban J connectivity index is 1.06. The number of aromatic amines is 2. The Morgan fingerprint density at radius 2 is 1.64 bits per heavy atom. The molecule has 3 aliphatic rings. The number of carbonyl (C=O) groups excluding carboxylic acids is 4. The third-order valence-electron chi connectivity index (χ3n) is 13.2. The topological polar surface area (TPSA) is 202 Å². The molecule has 2 aromatic heterocycles. The quantitative estimate of drug-likeness (QED) is 0.0971. The highest BCUT2D eigenvalue weighted by atomic mass is 16.5. The second kappa shape index (κ2) is 18.5. The number of aromatic nitrogens is 4. The number of imidazole rings is 2. The SMILES string of the molecule is CCC1CCC(c2ncc(-c3ccc4c(c3)COc3cc5c(ccc6[nH]c(C7CC(COC)CN7C(=O)C(NC(=O)OC)C(C)OC)nc65)cc3-4)[nH]2)N1C(=O)C(NC(=O)OC)C(C)C. The minimum Gasteiger partial charge on any atom is -0.488 e. The zero-order valence-electron chi connectivity index (χ0n) is 37.7. The van der Waals surface area contributed by atoms with Crippen molar-refractivity contribution < 1.29 is 42.9 Å². The average molecular weight is 879 g/mol. The van der Waals surface area contributed by atoms with Crippen LogP contribution in [0.15, 0.2) is 48.7 Å². The van der Waals surface area contributed by atoms with E-state index in [1.54, 1.807) is 18.9 Å². The van der Waals surface area contributed by atoms with Crippen LogP contribution in [0.4, 0.5) is 9.59 Å². The molecule has 17 heteroatoms. The molecule has 0 radical (unpaired) electrons. The van der Waals surface area contributed by atoms with Crippen LogP contribution in [0, 0.1) is 11.8 Å². The van der Waals surface area contributed by atoms with Crippen LogP contribution in [0.1, 0.15) is 82.7 Å². The first-order valence-corrected chi connectivity index (χ1v) is 22.0. The normalized spacial score (nSPS) is 20.7. The summed E-state index contributed by atoms with van der Waals surface area (Å²) in [5.74, 6) is 1.58. The Bertz CT molecular complexity index is 2550. The summed E-state index contributed by atoms with van der Waals surface area (Å²) in [7, 11) is 5.69. The Morgan fingerprint density at radius 3 is 2.34 bits per heavy atom. The molecule has 0 bridgehead atoms. The highest BCUT2D eigenvalue weighted by Crippen LogP contribution is 2.44. The van der Waals surface area contributed by atoms with Crippen molar-refractivity contribution in [1.82, 2.24) is 40.4 Å². The van der Waals surface area contributed by atoms with Crippen molar-refractivity contribution in [2.24, 2.45) is 11.8 Å². The largest absolute Gasteiger partial charge is 0.488 e. The monoisotopic (exact) mass is 878 g/mol. The molecule has 3 aromatic carbocycles. The lowest BCUT2D eigenvalue weighted by molar-refractivity contribution is -0.138. The summed E-state index contributed by atoms with van der Waals surface area (Å²) in [5.41, 5.74) is 6.43. The van der Waals surface area contributed by atoms with E-state index < -0.39 is 36.4 Å². The van der Waals surface area contributed by atoms with Gasteiger partial charge in [0.1, 0.15) is 36.1 Å². The van der Waals surface area contributed by atoms with Crippen molar-refractivity contribution in [3.8, 4) is 28.1 Å². The first-order valence-electron chi connectivity index (χ1n) is 22.0. The van der Waals surface area contributed by atoms with Crippen molar-refractivity contribution in [2.45, 2.75) is 96.3 Å². The Morgan fingerprint density at radius 1 is 0.875 bits per heavy atom. The van der Waals surface area contributed by atoms with Crippen LogP contribution in [0.5, 0.6) is 5.75 Å². The van der Waals surface area contributed by atoms with E-state index >= 15 is 0 Å².